The van der Waals surface area contributed by atoms with Gasteiger partial charge in [0.15, 0.2) is 0 Å². The first-order valence-electron chi connectivity index (χ1n) is 5.15. The maximum absolute atomic E-state index is 13.5. The van der Waals surface area contributed by atoms with Crippen LogP contribution in [-0.4, -0.2) is 14.8 Å². The van der Waals surface area contributed by atoms with Crippen LogP contribution in [-0.2, 0) is 20.1 Å². The lowest BCUT2D eigenvalue weighted by Crippen LogP contribution is -2.16. The lowest BCUT2D eigenvalue weighted by Gasteiger charge is -2.06. The quantitative estimate of drug-likeness (QED) is 0.906. The molecule has 0 bridgehead atoms. The van der Waals surface area contributed by atoms with Crippen molar-refractivity contribution < 1.29 is 4.39 Å². The summed E-state index contributed by atoms with van der Waals surface area (Å²) in [5.74, 6) is 0.423. The highest BCUT2D eigenvalue weighted by Crippen LogP contribution is 2.17. The van der Waals surface area contributed by atoms with Crippen LogP contribution in [0.1, 0.15) is 11.4 Å². The van der Waals surface area contributed by atoms with Crippen LogP contribution in [0.2, 0.25) is 5.02 Å². The zero-order chi connectivity index (χ0) is 12.3. The van der Waals surface area contributed by atoms with Gasteiger partial charge in [0, 0.05) is 19.2 Å². The van der Waals surface area contributed by atoms with Crippen LogP contribution in [0.4, 0.5) is 4.39 Å². The summed E-state index contributed by atoms with van der Waals surface area (Å²) in [6.07, 6.45) is 1.62. The molecule has 0 radical (unpaired) electrons. The highest BCUT2D eigenvalue weighted by atomic mass is 35.5. The Labute approximate surface area is 103 Å². The first kappa shape index (κ1) is 12.0. The summed E-state index contributed by atoms with van der Waals surface area (Å²) < 4.78 is 15.3. The lowest BCUT2D eigenvalue weighted by atomic mass is 10.2. The minimum absolute atomic E-state index is 0.142. The molecule has 0 fully saturated rings. The van der Waals surface area contributed by atoms with E-state index in [0.717, 1.165) is 5.82 Å². The molecule has 0 spiro atoms. The third kappa shape index (κ3) is 2.81. The monoisotopic (exact) mass is 254 g/mol. The molecule has 6 heteroatoms. The van der Waals surface area contributed by atoms with Crippen molar-refractivity contribution in [1.29, 1.82) is 0 Å². The molecule has 90 valence electrons. The van der Waals surface area contributed by atoms with Gasteiger partial charge in [-0.3, -0.25) is 0 Å². The minimum Gasteiger partial charge on any atom is -0.320 e. The van der Waals surface area contributed by atoms with Gasteiger partial charge in [0.25, 0.3) is 0 Å². The maximum atomic E-state index is 13.5. The van der Waals surface area contributed by atoms with Crippen LogP contribution >= 0.6 is 11.6 Å². The lowest BCUT2D eigenvalue weighted by molar-refractivity contribution is 0.578. The van der Waals surface area contributed by atoms with E-state index in [2.05, 4.69) is 15.5 Å². The molecule has 0 aliphatic rings. The van der Waals surface area contributed by atoms with Gasteiger partial charge < -0.3 is 9.88 Å². The number of aryl methyl sites for hydroxylation is 1. The van der Waals surface area contributed by atoms with Crippen molar-refractivity contribution in [3.8, 4) is 0 Å². The summed E-state index contributed by atoms with van der Waals surface area (Å²) in [4.78, 5) is 0. The number of halogens is 2. The maximum Gasteiger partial charge on any atom is 0.146 e. The first-order valence-corrected chi connectivity index (χ1v) is 5.52. The molecule has 0 amide bonds. The third-order valence-electron chi connectivity index (χ3n) is 2.44. The Morgan fingerprint density at radius 3 is 2.94 bits per heavy atom. The molecule has 17 heavy (non-hydrogen) atoms. The van der Waals surface area contributed by atoms with Crippen molar-refractivity contribution in [2.24, 2.45) is 7.05 Å². The van der Waals surface area contributed by atoms with Crippen molar-refractivity contribution in [2.75, 3.05) is 0 Å². The summed E-state index contributed by atoms with van der Waals surface area (Å²) in [5.41, 5.74) is 0.541. The van der Waals surface area contributed by atoms with Crippen LogP contribution in [0, 0.1) is 5.82 Å². The molecule has 1 aromatic carbocycles. The van der Waals surface area contributed by atoms with E-state index in [9.17, 15) is 4.39 Å². The van der Waals surface area contributed by atoms with Crippen LogP contribution in [0.15, 0.2) is 24.5 Å². The van der Waals surface area contributed by atoms with Crippen LogP contribution in [0.3, 0.4) is 0 Å². The second-order valence-corrected chi connectivity index (χ2v) is 4.08. The van der Waals surface area contributed by atoms with Crippen LogP contribution in [0.5, 0.6) is 0 Å². The molecule has 4 nitrogen and oxygen atoms in total. The molecule has 0 aliphatic carbocycles. The number of benzene rings is 1. The molecule has 2 rings (SSSR count). The molecule has 0 unspecified atom stereocenters. The zero-order valence-electron chi connectivity index (χ0n) is 9.32. The molecular formula is C11H12ClFN4. The fraction of sp³-hybridized carbons (Fsp3) is 0.273. The molecule has 0 saturated carbocycles. The molecule has 2 aromatic rings. The summed E-state index contributed by atoms with van der Waals surface area (Å²) in [7, 11) is 1.86. The van der Waals surface area contributed by atoms with Crippen LogP contribution < -0.4 is 5.32 Å². The van der Waals surface area contributed by atoms with E-state index in [1.165, 1.54) is 6.07 Å². The summed E-state index contributed by atoms with van der Waals surface area (Å²) >= 11 is 5.69. The van der Waals surface area contributed by atoms with E-state index in [-0.39, 0.29) is 10.8 Å². The van der Waals surface area contributed by atoms with Gasteiger partial charge in [-0.05, 0) is 6.07 Å². The van der Waals surface area contributed by atoms with Gasteiger partial charge >= 0.3 is 0 Å². The highest BCUT2D eigenvalue weighted by molar-refractivity contribution is 6.30. The SMILES string of the molecule is Cn1cnnc1CNCc1cccc(Cl)c1F. The summed E-state index contributed by atoms with van der Waals surface area (Å²) in [6.45, 7) is 0.932. The molecular weight excluding hydrogens is 243 g/mol. The predicted octanol–water partition coefficient (Wildman–Crippen LogP) is 1.90. The topological polar surface area (TPSA) is 42.7 Å². The number of nitrogens with one attached hydrogen (secondary N) is 1. The Morgan fingerprint density at radius 2 is 2.24 bits per heavy atom. The van der Waals surface area contributed by atoms with E-state index < -0.39 is 0 Å². The second-order valence-electron chi connectivity index (χ2n) is 3.67. The molecule has 1 N–H and O–H groups in total. The molecule has 0 saturated heterocycles. The first-order chi connectivity index (χ1) is 8.18. The Kier molecular flexibility index (Phi) is 3.71. The summed E-state index contributed by atoms with van der Waals surface area (Å²) in [5, 5.41) is 10.9. The number of aromatic nitrogens is 3. The molecule has 0 atom stereocenters. The molecule has 1 aromatic heterocycles. The van der Waals surface area contributed by atoms with Gasteiger partial charge in [-0.25, -0.2) is 4.39 Å². The number of nitrogens with zero attached hydrogens (tertiary/aromatic N) is 3. The van der Waals surface area contributed by atoms with E-state index in [4.69, 9.17) is 11.6 Å². The van der Waals surface area contributed by atoms with Gasteiger partial charge in [-0.15, -0.1) is 10.2 Å². The zero-order valence-corrected chi connectivity index (χ0v) is 10.1. The van der Waals surface area contributed by atoms with E-state index in [0.29, 0.717) is 18.7 Å². The second kappa shape index (κ2) is 5.25. The average molecular weight is 255 g/mol. The number of hydrogen-bond acceptors (Lipinski definition) is 3. The summed E-state index contributed by atoms with van der Waals surface area (Å²) in [6, 6.07) is 4.96. The molecule has 0 aliphatic heterocycles. The van der Waals surface area contributed by atoms with E-state index in [1.807, 2.05) is 7.05 Å². The van der Waals surface area contributed by atoms with Crippen LogP contribution in [0.25, 0.3) is 0 Å². The normalized spacial score (nSPS) is 10.8. The third-order valence-corrected chi connectivity index (χ3v) is 2.73. The number of hydrogen-bond donors (Lipinski definition) is 1. The van der Waals surface area contributed by atoms with Crippen molar-refractivity contribution in [3.05, 3.63) is 46.8 Å². The Hall–Kier alpha value is -1.46. The average Bonchev–Trinajstić information content (AvgIpc) is 2.71. The van der Waals surface area contributed by atoms with Gasteiger partial charge in [-0.2, -0.15) is 0 Å². The molecule has 1 heterocycles. The van der Waals surface area contributed by atoms with E-state index >= 15 is 0 Å². The van der Waals surface area contributed by atoms with Crippen molar-refractivity contribution >= 4 is 11.6 Å². The standard InChI is InChI=1S/C11H12ClFN4/c1-17-7-15-16-10(17)6-14-5-8-3-2-4-9(12)11(8)13/h2-4,7,14H,5-6H2,1H3. The smallest absolute Gasteiger partial charge is 0.146 e. The Morgan fingerprint density at radius 1 is 1.41 bits per heavy atom. The predicted molar refractivity (Wildman–Crippen MR) is 63.0 cm³/mol. The highest BCUT2D eigenvalue weighted by Gasteiger charge is 2.06. The fourth-order valence-corrected chi connectivity index (χ4v) is 1.66. The Bertz CT molecular complexity index is 512. The van der Waals surface area contributed by atoms with Crippen molar-refractivity contribution in [1.82, 2.24) is 20.1 Å². The number of rotatable bonds is 4. The van der Waals surface area contributed by atoms with Gasteiger partial charge in [0.05, 0.1) is 11.6 Å². The van der Waals surface area contributed by atoms with Crippen molar-refractivity contribution in [3.63, 3.8) is 0 Å². The van der Waals surface area contributed by atoms with Crippen molar-refractivity contribution in [2.45, 2.75) is 13.1 Å². The largest absolute Gasteiger partial charge is 0.320 e. The van der Waals surface area contributed by atoms with Gasteiger partial charge in [0.2, 0.25) is 0 Å². The van der Waals surface area contributed by atoms with Gasteiger partial charge in [0.1, 0.15) is 18.0 Å². The van der Waals surface area contributed by atoms with Gasteiger partial charge in [-0.1, -0.05) is 23.7 Å². The minimum atomic E-state index is -0.375. The Balaban J connectivity index is 1.95. The fourth-order valence-electron chi connectivity index (χ4n) is 1.46. The van der Waals surface area contributed by atoms with E-state index in [1.54, 1.807) is 23.0 Å².